The fraction of sp³-hybridized carbons (Fsp3) is 0.500. The first-order valence-corrected chi connectivity index (χ1v) is 5.00. The van der Waals surface area contributed by atoms with Gasteiger partial charge in [0.05, 0.1) is 20.6 Å². The quantitative estimate of drug-likeness (QED) is 0.498. The largest absolute Gasteiger partial charge is 0.325 e. The van der Waals surface area contributed by atoms with Crippen LogP contribution in [0.1, 0.15) is 18.9 Å². The second kappa shape index (κ2) is 5.87. The van der Waals surface area contributed by atoms with Crippen LogP contribution in [0, 0.1) is 0 Å². The van der Waals surface area contributed by atoms with Crippen molar-refractivity contribution in [2.75, 3.05) is 20.6 Å². The Kier molecular flexibility index (Phi) is 5.55. The summed E-state index contributed by atoms with van der Waals surface area (Å²) in [7, 11) is 4.58. The average molecular weight is 193 g/mol. The molecule has 1 aromatic rings. The van der Waals surface area contributed by atoms with Gasteiger partial charge >= 0.3 is 0 Å². The van der Waals surface area contributed by atoms with Crippen molar-refractivity contribution in [3.05, 3.63) is 35.9 Å². The predicted molar refractivity (Wildman–Crippen MR) is 68.7 cm³/mol. The topological polar surface area (TPSA) is 0 Å². The summed E-state index contributed by atoms with van der Waals surface area (Å²) < 4.78 is 1.08. The highest BCUT2D eigenvalue weighted by atomic mass is 15.3. The van der Waals surface area contributed by atoms with Crippen molar-refractivity contribution in [1.82, 2.24) is 0 Å². The van der Waals surface area contributed by atoms with Gasteiger partial charge in [0, 0.05) is 5.56 Å². The van der Waals surface area contributed by atoms with Crippen LogP contribution in [0.4, 0.5) is 0 Å². The van der Waals surface area contributed by atoms with Gasteiger partial charge in [-0.05, 0) is 6.42 Å². The summed E-state index contributed by atoms with van der Waals surface area (Å²) in [5.41, 5.74) is 1.43. The van der Waals surface area contributed by atoms with E-state index in [9.17, 15) is 0 Å². The molecule has 0 aliphatic rings. The van der Waals surface area contributed by atoms with Crippen LogP contribution >= 0.6 is 0 Å². The number of hydrogen-bond acceptors (Lipinski definition) is 0. The first kappa shape index (κ1) is 13.2. The second-order valence-corrected chi connectivity index (χ2v) is 4.30. The second-order valence-electron chi connectivity index (χ2n) is 4.30. The van der Waals surface area contributed by atoms with Gasteiger partial charge in [-0.25, -0.2) is 0 Å². The van der Waals surface area contributed by atoms with Crippen LogP contribution in [0.3, 0.4) is 0 Å². The smallest absolute Gasteiger partial charge is 0.104 e. The Morgan fingerprint density at radius 3 is 2.14 bits per heavy atom. The molecular formula is C12H24BN. The van der Waals surface area contributed by atoms with Gasteiger partial charge in [0.1, 0.15) is 6.54 Å². The summed E-state index contributed by atoms with van der Waals surface area (Å²) in [6.07, 6.45) is 1.25. The molecule has 0 bridgehead atoms. The molecular weight excluding hydrogens is 169 g/mol. The lowest BCUT2D eigenvalue weighted by atomic mass is 10.2. The molecule has 0 radical (unpaired) electrons. The van der Waals surface area contributed by atoms with E-state index in [1.165, 1.54) is 18.5 Å². The third-order valence-electron chi connectivity index (χ3n) is 2.28. The minimum Gasteiger partial charge on any atom is -0.325 e. The standard InChI is InChI=1S/C12H20N.BH4/c1-4-10-13(2,3)11-12-8-6-5-7-9-12;/h5-9H,4,10-11H2,1-3H3;1H4/q+1;-1. The normalized spacial score (nSPS) is 10.8. The van der Waals surface area contributed by atoms with Gasteiger partial charge in [-0.15, -0.1) is 0 Å². The molecule has 1 aromatic carbocycles. The van der Waals surface area contributed by atoms with E-state index in [0.29, 0.717) is 0 Å². The molecule has 0 aromatic heterocycles. The Morgan fingerprint density at radius 1 is 1.07 bits per heavy atom. The van der Waals surface area contributed by atoms with E-state index in [0.717, 1.165) is 11.0 Å². The minimum atomic E-state index is 0. The number of rotatable bonds is 4. The van der Waals surface area contributed by atoms with E-state index in [2.05, 4.69) is 51.4 Å². The first-order valence-electron chi connectivity index (χ1n) is 5.00. The molecule has 0 amide bonds. The molecule has 1 rings (SSSR count). The maximum absolute atomic E-state index is 2.29. The van der Waals surface area contributed by atoms with Gasteiger partial charge < -0.3 is 4.48 Å². The van der Waals surface area contributed by atoms with Crippen molar-refractivity contribution in [1.29, 1.82) is 0 Å². The lowest BCUT2D eigenvalue weighted by molar-refractivity contribution is -0.903. The maximum Gasteiger partial charge on any atom is 0.104 e. The predicted octanol–water partition coefficient (Wildman–Crippen LogP) is 1.22. The summed E-state index contributed by atoms with van der Waals surface area (Å²) in [6.45, 7) is 4.62. The van der Waals surface area contributed by atoms with E-state index >= 15 is 0 Å². The lowest BCUT2D eigenvalue weighted by Crippen LogP contribution is -2.39. The Labute approximate surface area is 89.9 Å². The molecule has 2 heteroatoms. The lowest BCUT2D eigenvalue weighted by Gasteiger charge is -2.29. The molecule has 0 fully saturated rings. The van der Waals surface area contributed by atoms with Crippen molar-refractivity contribution >= 4 is 8.41 Å². The zero-order valence-corrected chi connectivity index (χ0v) is 8.96. The molecule has 0 heterocycles. The van der Waals surface area contributed by atoms with Gasteiger partial charge in [0.15, 0.2) is 0 Å². The number of quaternary nitrogens is 1. The zero-order valence-electron chi connectivity index (χ0n) is 8.96. The van der Waals surface area contributed by atoms with E-state index in [4.69, 9.17) is 0 Å². The highest BCUT2D eigenvalue weighted by molar-refractivity contribution is 5.75. The van der Waals surface area contributed by atoms with E-state index in [1.807, 2.05) is 0 Å². The Balaban J connectivity index is 0.00000169. The molecule has 80 valence electrons. The summed E-state index contributed by atoms with van der Waals surface area (Å²) in [6, 6.07) is 10.7. The number of hydrogen-bond donors (Lipinski definition) is 0. The van der Waals surface area contributed by atoms with Gasteiger partial charge in [-0.3, -0.25) is 0 Å². The molecule has 0 spiro atoms. The Morgan fingerprint density at radius 2 is 1.64 bits per heavy atom. The maximum atomic E-state index is 2.29. The Bertz CT molecular complexity index is 244. The SMILES string of the molecule is CCC[N+](C)(C)Cc1ccccc1.[BH4-]. The monoisotopic (exact) mass is 193 g/mol. The molecule has 0 N–H and O–H groups in total. The van der Waals surface area contributed by atoms with Gasteiger partial charge in [-0.1, -0.05) is 45.7 Å². The van der Waals surface area contributed by atoms with Crippen LogP contribution in [0.5, 0.6) is 0 Å². The Hall–Kier alpha value is -0.755. The van der Waals surface area contributed by atoms with Gasteiger partial charge in [0.25, 0.3) is 0 Å². The van der Waals surface area contributed by atoms with Crippen LogP contribution in [0.25, 0.3) is 0 Å². The van der Waals surface area contributed by atoms with Crippen molar-refractivity contribution < 1.29 is 4.48 Å². The fourth-order valence-electron chi connectivity index (χ4n) is 1.76. The van der Waals surface area contributed by atoms with Gasteiger partial charge in [0.2, 0.25) is 0 Å². The van der Waals surface area contributed by atoms with Crippen molar-refractivity contribution in [2.24, 2.45) is 0 Å². The first-order chi connectivity index (χ1) is 6.14. The highest BCUT2D eigenvalue weighted by Crippen LogP contribution is 2.09. The van der Waals surface area contributed by atoms with Gasteiger partial charge in [-0.2, -0.15) is 0 Å². The molecule has 14 heavy (non-hydrogen) atoms. The van der Waals surface area contributed by atoms with E-state index in [1.54, 1.807) is 0 Å². The molecule has 0 saturated heterocycles. The highest BCUT2D eigenvalue weighted by Gasteiger charge is 2.13. The average Bonchev–Trinajstić information content (AvgIpc) is 2.04. The summed E-state index contributed by atoms with van der Waals surface area (Å²) >= 11 is 0. The van der Waals surface area contributed by atoms with Crippen LogP contribution in [-0.4, -0.2) is 33.5 Å². The molecule has 0 saturated carbocycles. The zero-order chi connectivity index (χ0) is 9.73. The molecule has 0 aliphatic heterocycles. The summed E-state index contributed by atoms with van der Waals surface area (Å²) in [5.74, 6) is 0. The molecule has 0 unspecified atom stereocenters. The van der Waals surface area contributed by atoms with Crippen molar-refractivity contribution in [2.45, 2.75) is 19.9 Å². The summed E-state index contributed by atoms with van der Waals surface area (Å²) in [5, 5.41) is 0. The molecule has 1 nitrogen and oxygen atoms in total. The van der Waals surface area contributed by atoms with Crippen LogP contribution in [-0.2, 0) is 6.54 Å². The minimum absolute atomic E-state index is 0. The van der Waals surface area contributed by atoms with Crippen LogP contribution in [0.15, 0.2) is 30.3 Å². The molecule has 0 aliphatic carbocycles. The molecule has 0 atom stereocenters. The van der Waals surface area contributed by atoms with Crippen molar-refractivity contribution in [3.63, 3.8) is 0 Å². The van der Waals surface area contributed by atoms with Crippen LogP contribution < -0.4 is 0 Å². The van der Waals surface area contributed by atoms with Crippen molar-refractivity contribution in [3.8, 4) is 0 Å². The third-order valence-corrected chi connectivity index (χ3v) is 2.28. The van der Waals surface area contributed by atoms with E-state index < -0.39 is 0 Å². The number of benzene rings is 1. The third kappa shape index (κ3) is 4.47. The van der Waals surface area contributed by atoms with E-state index in [-0.39, 0.29) is 8.41 Å². The fourth-order valence-corrected chi connectivity index (χ4v) is 1.76. The summed E-state index contributed by atoms with van der Waals surface area (Å²) in [4.78, 5) is 0. The van der Waals surface area contributed by atoms with Crippen LogP contribution in [0.2, 0.25) is 0 Å². The number of nitrogens with zero attached hydrogens (tertiary/aromatic N) is 1.